The Bertz CT molecular complexity index is 158. The van der Waals surface area contributed by atoms with E-state index in [1.807, 2.05) is 13.8 Å². The summed E-state index contributed by atoms with van der Waals surface area (Å²) in [6.45, 7) is 5.92. The number of carbonyl (C=O) groups is 1. The summed E-state index contributed by atoms with van der Waals surface area (Å²) in [7, 11) is 0. The lowest BCUT2D eigenvalue weighted by atomic mass is 10.0. The third-order valence-electron chi connectivity index (χ3n) is 1.63. The molecule has 1 amide bonds. The second kappa shape index (κ2) is 5.94. The fraction of sp³-hybridized carbons (Fsp3) is 0.889. The SMILES string of the molecule is CC(C)C[C@@H](N)C(=O)NC[C@H](C)O. The van der Waals surface area contributed by atoms with Gasteiger partial charge in [0.1, 0.15) is 0 Å². The van der Waals surface area contributed by atoms with Crippen molar-refractivity contribution in [1.29, 1.82) is 0 Å². The molecule has 0 spiro atoms. The quantitative estimate of drug-likeness (QED) is 0.562. The molecule has 0 aliphatic heterocycles. The number of aliphatic hydroxyl groups excluding tert-OH is 1. The summed E-state index contributed by atoms with van der Waals surface area (Å²) in [5, 5.41) is 11.5. The lowest BCUT2D eigenvalue weighted by molar-refractivity contribution is -0.123. The van der Waals surface area contributed by atoms with E-state index in [0.717, 1.165) is 0 Å². The van der Waals surface area contributed by atoms with Crippen molar-refractivity contribution in [3.05, 3.63) is 0 Å². The first-order valence-corrected chi connectivity index (χ1v) is 4.64. The predicted octanol–water partition coefficient (Wildman–Crippen LogP) is -0.143. The van der Waals surface area contributed by atoms with Gasteiger partial charge in [-0.1, -0.05) is 13.8 Å². The number of rotatable bonds is 5. The van der Waals surface area contributed by atoms with E-state index in [0.29, 0.717) is 12.3 Å². The standard InChI is InChI=1S/C9H20N2O2/c1-6(2)4-8(10)9(13)11-5-7(3)12/h6-8,12H,4-5,10H2,1-3H3,(H,11,13)/t7-,8+/m0/s1. The van der Waals surface area contributed by atoms with Crippen molar-refractivity contribution in [3.63, 3.8) is 0 Å². The zero-order valence-corrected chi connectivity index (χ0v) is 8.58. The number of aliphatic hydroxyl groups is 1. The molecule has 2 atom stereocenters. The molecule has 0 fully saturated rings. The van der Waals surface area contributed by atoms with Crippen molar-refractivity contribution in [2.24, 2.45) is 11.7 Å². The molecule has 4 heteroatoms. The molecule has 4 N–H and O–H groups in total. The first kappa shape index (κ1) is 12.4. The van der Waals surface area contributed by atoms with Gasteiger partial charge in [-0.15, -0.1) is 0 Å². The molecule has 0 aromatic heterocycles. The summed E-state index contributed by atoms with van der Waals surface area (Å²) in [4.78, 5) is 11.2. The summed E-state index contributed by atoms with van der Waals surface area (Å²) in [5.41, 5.74) is 5.61. The third kappa shape index (κ3) is 6.54. The Morgan fingerprint density at radius 3 is 2.38 bits per heavy atom. The van der Waals surface area contributed by atoms with Crippen molar-refractivity contribution < 1.29 is 9.90 Å². The minimum atomic E-state index is -0.518. The zero-order valence-electron chi connectivity index (χ0n) is 8.58. The fourth-order valence-corrected chi connectivity index (χ4v) is 0.994. The highest BCUT2D eigenvalue weighted by molar-refractivity contribution is 5.81. The van der Waals surface area contributed by atoms with Crippen molar-refractivity contribution in [2.75, 3.05) is 6.54 Å². The number of carbonyl (C=O) groups excluding carboxylic acids is 1. The second-order valence-electron chi connectivity index (χ2n) is 3.83. The van der Waals surface area contributed by atoms with Crippen LogP contribution in [-0.4, -0.2) is 29.7 Å². The van der Waals surface area contributed by atoms with E-state index in [2.05, 4.69) is 5.32 Å². The van der Waals surface area contributed by atoms with Crippen LogP contribution < -0.4 is 11.1 Å². The normalized spacial score (nSPS) is 15.5. The first-order valence-electron chi connectivity index (χ1n) is 4.64. The lowest BCUT2D eigenvalue weighted by Crippen LogP contribution is -2.43. The lowest BCUT2D eigenvalue weighted by Gasteiger charge is -2.14. The molecule has 0 aliphatic carbocycles. The van der Waals surface area contributed by atoms with Gasteiger partial charge in [0.05, 0.1) is 12.1 Å². The maximum Gasteiger partial charge on any atom is 0.237 e. The van der Waals surface area contributed by atoms with Crippen LogP contribution in [0, 0.1) is 5.92 Å². The molecule has 0 rings (SSSR count). The Hall–Kier alpha value is -0.610. The molecule has 13 heavy (non-hydrogen) atoms. The third-order valence-corrected chi connectivity index (χ3v) is 1.63. The molecule has 0 radical (unpaired) electrons. The highest BCUT2D eigenvalue weighted by Gasteiger charge is 2.14. The van der Waals surface area contributed by atoms with Gasteiger partial charge in [0.25, 0.3) is 0 Å². The number of amides is 1. The number of nitrogens with one attached hydrogen (secondary N) is 1. The highest BCUT2D eigenvalue weighted by atomic mass is 16.3. The van der Waals surface area contributed by atoms with Gasteiger partial charge in [0, 0.05) is 6.54 Å². The maximum atomic E-state index is 11.2. The van der Waals surface area contributed by atoms with Crippen molar-refractivity contribution in [3.8, 4) is 0 Å². The number of hydrogen-bond acceptors (Lipinski definition) is 3. The van der Waals surface area contributed by atoms with E-state index in [4.69, 9.17) is 10.8 Å². The van der Waals surface area contributed by atoms with E-state index in [1.165, 1.54) is 0 Å². The molecule has 0 saturated carbocycles. The second-order valence-corrected chi connectivity index (χ2v) is 3.83. The average Bonchev–Trinajstić information content (AvgIpc) is 1.98. The smallest absolute Gasteiger partial charge is 0.237 e. The highest BCUT2D eigenvalue weighted by Crippen LogP contribution is 2.02. The summed E-state index contributed by atoms with van der Waals surface area (Å²) in [6.07, 6.45) is 0.154. The first-order chi connectivity index (χ1) is 5.93. The summed E-state index contributed by atoms with van der Waals surface area (Å²) < 4.78 is 0. The van der Waals surface area contributed by atoms with Crippen molar-refractivity contribution in [2.45, 2.75) is 39.3 Å². The maximum absolute atomic E-state index is 11.2. The van der Waals surface area contributed by atoms with Crippen molar-refractivity contribution >= 4 is 5.91 Å². The largest absolute Gasteiger partial charge is 0.392 e. The van der Waals surface area contributed by atoms with Crippen LogP contribution >= 0.6 is 0 Å². The number of nitrogens with two attached hydrogens (primary N) is 1. The number of hydrogen-bond donors (Lipinski definition) is 3. The minimum Gasteiger partial charge on any atom is -0.392 e. The van der Waals surface area contributed by atoms with Crippen LogP contribution in [0.2, 0.25) is 0 Å². The van der Waals surface area contributed by atoms with Crippen LogP contribution in [0.1, 0.15) is 27.2 Å². The Kier molecular flexibility index (Phi) is 5.66. The monoisotopic (exact) mass is 188 g/mol. The Morgan fingerprint density at radius 2 is 2.00 bits per heavy atom. The molecule has 0 unspecified atom stereocenters. The van der Waals surface area contributed by atoms with Gasteiger partial charge in [-0.05, 0) is 19.3 Å². The molecule has 0 saturated heterocycles. The Balaban J connectivity index is 3.69. The minimum absolute atomic E-state index is 0.186. The average molecular weight is 188 g/mol. The predicted molar refractivity (Wildman–Crippen MR) is 52.1 cm³/mol. The molecular formula is C9H20N2O2. The zero-order chi connectivity index (χ0) is 10.4. The molecule has 0 bridgehead atoms. The molecule has 0 aliphatic rings. The van der Waals surface area contributed by atoms with Gasteiger partial charge in [-0.3, -0.25) is 4.79 Å². The van der Waals surface area contributed by atoms with Gasteiger partial charge in [-0.25, -0.2) is 0 Å². The summed E-state index contributed by atoms with van der Waals surface area (Å²) in [5.74, 6) is 0.224. The van der Waals surface area contributed by atoms with Gasteiger partial charge in [0.2, 0.25) is 5.91 Å². The van der Waals surface area contributed by atoms with Crippen LogP contribution in [0.3, 0.4) is 0 Å². The van der Waals surface area contributed by atoms with Crippen LogP contribution in [0.5, 0.6) is 0 Å². The van der Waals surface area contributed by atoms with Crippen LogP contribution in [0.25, 0.3) is 0 Å². The van der Waals surface area contributed by atoms with Gasteiger partial charge >= 0.3 is 0 Å². The molecule has 0 aromatic rings. The van der Waals surface area contributed by atoms with Gasteiger partial charge in [0.15, 0.2) is 0 Å². The van der Waals surface area contributed by atoms with Crippen LogP contribution in [0.15, 0.2) is 0 Å². The Morgan fingerprint density at radius 1 is 1.46 bits per heavy atom. The summed E-state index contributed by atoms with van der Waals surface area (Å²) >= 11 is 0. The van der Waals surface area contributed by atoms with E-state index < -0.39 is 12.1 Å². The van der Waals surface area contributed by atoms with Crippen LogP contribution in [0.4, 0.5) is 0 Å². The summed E-state index contributed by atoms with van der Waals surface area (Å²) in [6, 6.07) is -0.459. The van der Waals surface area contributed by atoms with E-state index >= 15 is 0 Å². The van der Waals surface area contributed by atoms with Gasteiger partial charge in [-0.2, -0.15) is 0 Å². The van der Waals surface area contributed by atoms with Crippen molar-refractivity contribution in [1.82, 2.24) is 5.32 Å². The fourth-order valence-electron chi connectivity index (χ4n) is 0.994. The molecular weight excluding hydrogens is 168 g/mol. The van der Waals surface area contributed by atoms with E-state index in [1.54, 1.807) is 6.92 Å². The van der Waals surface area contributed by atoms with E-state index in [9.17, 15) is 4.79 Å². The van der Waals surface area contributed by atoms with E-state index in [-0.39, 0.29) is 12.5 Å². The molecule has 78 valence electrons. The topological polar surface area (TPSA) is 75.4 Å². The molecule has 0 aromatic carbocycles. The molecule has 0 heterocycles. The van der Waals surface area contributed by atoms with Crippen LogP contribution in [-0.2, 0) is 4.79 Å². The molecule has 4 nitrogen and oxygen atoms in total. The Labute approximate surface area is 79.5 Å². The van der Waals surface area contributed by atoms with Gasteiger partial charge < -0.3 is 16.2 Å².